The average Bonchev–Trinajstić information content (AvgIpc) is 3.11. The lowest BCUT2D eigenvalue weighted by Crippen LogP contribution is -2.30. The Kier molecular flexibility index (Phi) is 4.83. The Balaban J connectivity index is 1.50. The van der Waals surface area contributed by atoms with E-state index in [2.05, 4.69) is 16.7 Å². The van der Waals surface area contributed by atoms with E-state index < -0.39 is 0 Å². The first-order valence-corrected chi connectivity index (χ1v) is 9.45. The minimum absolute atomic E-state index is 0.00398. The van der Waals surface area contributed by atoms with Gasteiger partial charge in [-0.05, 0) is 50.3 Å². The summed E-state index contributed by atoms with van der Waals surface area (Å²) < 4.78 is 1.87. The highest BCUT2D eigenvalue weighted by atomic mass is 16.2. The lowest BCUT2D eigenvalue weighted by Gasteiger charge is -2.09. The van der Waals surface area contributed by atoms with E-state index in [4.69, 9.17) is 5.10 Å². The van der Waals surface area contributed by atoms with Crippen molar-refractivity contribution < 1.29 is 4.79 Å². The number of benzene rings is 1. The maximum absolute atomic E-state index is 12.3. The lowest BCUT2D eigenvalue weighted by molar-refractivity contribution is -0.115. The first-order chi connectivity index (χ1) is 12.3. The number of rotatable bonds is 7. The molecule has 1 aromatic carbocycles. The fraction of sp³-hybridized carbons (Fsp3) is 0.500. The summed E-state index contributed by atoms with van der Waals surface area (Å²) in [4.78, 5) is 12.3. The van der Waals surface area contributed by atoms with Gasteiger partial charge in [-0.1, -0.05) is 31.0 Å². The van der Waals surface area contributed by atoms with Crippen LogP contribution in [-0.2, 0) is 4.79 Å². The summed E-state index contributed by atoms with van der Waals surface area (Å²) in [6.07, 6.45) is 7.52. The summed E-state index contributed by atoms with van der Waals surface area (Å²) in [6.45, 7) is 1.30. The number of para-hydroxylation sites is 1. The van der Waals surface area contributed by atoms with Crippen LogP contribution in [0, 0.1) is 5.92 Å². The third kappa shape index (κ3) is 4.10. The highest BCUT2D eigenvalue weighted by molar-refractivity contribution is 5.91. The number of nitrogens with one attached hydrogen (secondary N) is 2. The van der Waals surface area contributed by atoms with E-state index in [0.29, 0.717) is 12.5 Å². The van der Waals surface area contributed by atoms with Gasteiger partial charge in [0.1, 0.15) is 5.82 Å². The van der Waals surface area contributed by atoms with Gasteiger partial charge >= 0.3 is 0 Å². The molecule has 0 bridgehead atoms. The Morgan fingerprint density at radius 3 is 2.60 bits per heavy atom. The van der Waals surface area contributed by atoms with Gasteiger partial charge in [0.15, 0.2) is 0 Å². The van der Waals surface area contributed by atoms with Crippen molar-refractivity contribution in [1.29, 1.82) is 0 Å². The molecule has 1 aromatic heterocycles. The van der Waals surface area contributed by atoms with Crippen molar-refractivity contribution in [1.82, 2.24) is 15.1 Å². The molecule has 0 atom stereocenters. The quantitative estimate of drug-likeness (QED) is 0.813. The van der Waals surface area contributed by atoms with Crippen LogP contribution in [0.4, 0.5) is 5.82 Å². The molecule has 5 nitrogen and oxygen atoms in total. The molecule has 0 radical (unpaired) electrons. The summed E-state index contributed by atoms with van der Waals surface area (Å²) >= 11 is 0. The van der Waals surface area contributed by atoms with E-state index in [-0.39, 0.29) is 5.91 Å². The van der Waals surface area contributed by atoms with Crippen LogP contribution >= 0.6 is 0 Å². The second-order valence-electron chi connectivity index (χ2n) is 7.31. The normalized spacial score (nSPS) is 17.8. The van der Waals surface area contributed by atoms with E-state index in [0.717, 1.165) is 29.7 Å². The second kappa shape index (κ2) is 7.40. The molecule has 2 N–H and O–H groups in total. The predicted octanol–water partition coefficient (Wildman–Crippen LogP) is 3.47. The fourth-order valence-corrected chi connectivity index (χ4v) is 3.57. The zero-order valence-electron chi connectivity index (χ0n) is 14.6. The molecule has 2 aliphatic rings. The number of anilines is 1. The van der Waals surface area contributed by atoms with Crippen LogP contribution in [-0.4, -0.2) is 28.8 Å². The zero-order chi connectivity index (χ0) is 17.1. The van der Waals surface area contributed by atoms with Crippen LogP contribution in [0.5, 0.6) is 0 Å². The van der Waals surface area contributed by atoms with Crippen molar-refractivity contribution >= 4 is 11.7 Å². The van der Waals surface area contributed by atoms with Crippen LogP contribution < -0.4 is 10.6 Å². The summed E-state index contributed by atoms with van der Waals surface area (Å²) in [5.41, 5.74) is 2.08. The minimum Gasteiger partial charge on any atom is -0.309 e. The molecule has 5 heteroatoms. The van der Waals surface area contributed by atoms with E-state index in [1.165, 1.54) is 38.5 Å². The van der Waals surface area contributed by atoms with Crippen molar-refractivity contribution in [3.05, 3.63) is 42.1 Å². The summed E-state index contributed by atoms with van der Waals surface area (Å²) in [5.74, 6) is 2.06. The topological polar surface area (TPSA) is 59.0 Å². The maximum Gasteiger partial charge on any atom is 0.239 e. The Morgan fingerprint density at radius 2 is 1.88 bits per heavy atom. The highest BCUT2D eigenvalue weighted by Crippen LogP contribution is 2.35. The van der Waals surface area contributed by atoms with Gasteiger partial charge in [-0.25, -0.2) is 4.68 Å². The molecule has 0 aliphatic heterocycles. The predicted molar refractivity (Wildman–Crippen MR) is 99.0 cm³/mol. The minimum atomic E-state index is -0.00398. The van der Waals surface area contributed by atoms with Crippen LogP contribution in [0.1, 0.15) is 50.1 Å². The number of aromatic nitrogens is 2. The molecule has 2 fully saturated rings. The van der Waals surface area contributed by atoms with Crippen molar-refractivity contribution in [2.24, 2.45) is 5.92 Å². The van der Waals surface area contributed by atoms with Gasteiger partial charge in [0.05, 0.1) is 17.9 Å². The Hall–Kier alpha value is -2.14. The van der Waals surface area contributed by atoms with Gasteiger partial charge in [-0.3, -0.25) is 4.79 Å². The molecular weight excluding hydrogens is 312 g/mol. The third-order valence-corrected chi connectivity index (χ3v) is 5.19. The Morgan fingerprint density at radius 1 is 1.12 bits per heavy atom. The molecule has 132 valence electrons. The number of carbonyl (C=O) groups is 1. The van der Waals surface area contributed by atoms with Crippen molar-refractivity contribution in [3.63, 3.8) is 0 Å². The number of amides is 1. The Labute approximate surface area is 148 Å². The largest absolute Gasteiger partial charge is 0.309 e. The molecule has 2 aromatic rings. The highest BCUT2D eigenvalue weighted by Gasteiger charge is 2.23. The first kappa shape index (κ1) is 16.3. The smallest absolute Gasteiger partial charge is 0.239 e. The lowest BCUT2D eigenvalue weighted by atomic mass is 10.0. The van der Waals surface area contributed by atoms with Crippen molar-refractivity contribution in [2.75, 3.05) is 18.4 Å². The SMILES string of the molecule is O=C(CNCC1CC1)Nc1cc(C2CCCC2)nn1-c1ccccc1. The third-order valence-electron chi connectivity index (χ3n) is 5.19. The van der Waals surface area contributed by atoms with E-state index in [1.54, 1.807) is 0 Å². The molecule has 4 rings (SSSR count). The Bertz CT molecular complexity index is 715. The number of hydrogen-bond donors (Lipinski definition) is 2. The summed E-state index contributed by atoms with van der Waals surface area (Å²) in [6, 6.07) is 12.1. The van der Waals surface area contributed by atoms with Crippen molar-refractivity contribution in [2.45, 2.75) is 44.4 Å². The molecule has 2 aliphatic carbocycles. The molecule has 25 heavy (non-hydrogen) atoms. The van der Waals surface area contributed by atoms with Crippen molar-refractivity contribution in [3.8, 4) is 5.69 Å². The van der Waals surface area contributed by atoms with Gasteiger partial charge < -0.3 is 10.6 Å². The van der Waals surface area contributed by atoms with Gasteiger partial charge in [-0.15, -0.1) is 0 Å². The van der Waals surface area contributed by atoms with Crippen LogP contribution in [0.2, 0.25) is 0 Å². The molecule has 1 amide bonds. The summed E-state index contributed by atoms with van der Waals surface area (Å²) in [5, 5.41) is 11.1. The fourth-order valence-electron chi connectivity index (χ4n) is 3.57. The number of nitrogens with zero attached hydrogens (tertiary/aromatic N) is 2. The van der Waals surface area contributed by atoms with E-state index in [1.807, 2.05) is 35.0 Å². The molecule has 0 spiro atoms. The monoisotopic (exact) mass is 338 g/mol. The van der Waals surface area contributed by atoms with Gasteiger partial charge in [0.25, 0.3) is 0 Å². The molecule has 2 saturated carbocycles. The van der Waals surface area contributed by atoms with Crippen LogP contribution in [0.25, 0.3) is 5.69 Å². The second-order valence-corrected chi connectivity index (χ2v) is 7.31. The van der Waals surface area contributed by atoms with Crippen LogP contribution in [0.3, 0.4) is 0 Å². The standard InChI is InChI=1S/C20H26N4O/c25-20(14-21-13-15-10-11-15)22-19-12-18(16-6-4-5-7-16)23-24(19)17-8-2-1-3-9-17/h1-3,8-9,12,15-16,21H,4-7,10-11,13-14H2,(H,22,25). The molecule has 0 unspecified atom stereocenters. The number of hydrogen-bond acceptors (Lipinski definition) is 3. The van der Waals surface area contributed by atoms with Gasteiger partial charge in [-0.2, -0.15) is 5.10 Å². The summed E-state index contributed by atoms with van der Waals surface area (Å²) in [7, 11) is 0. The number of carbonyl (C=O) groups excluding carboxylic acids is 1. The molecular formula is C20H26N4O. The van der Waals surface area contributed by atoms with E-state index >= 15 is 0 Å². The molecule has 1 heterocycles. The molecule has 0 saturated heterocycles. The first-order valence-electron chi connectivity index (χ1n) is 9.45. The maximum atomic E-state index is 12.3. The van der Waals surface area contributed by atoms with Crippen LogP contribution in [0.15, 0.2) is 36.4 Å². The average molecular weight is 338 g/mol. The van der Waals surface area contributed by atoms with E-state index in [9.17, 15) is 4.79 Å². The van der Waals surface area contributed by atoms with Gasteiger partial charge in [0.2, 0.25) is 5.91 Å². The zero-order valence-corrected chi connectivity index (χ0v) is 14.6. The van der Waals surface area contributed by atoms with Gasteiger partial charge in [0, 0.05) is 12.0 Å².